The van der Waals surface area contributed by atoms with Crippen LogP contribution in [-0.4, -0.2) is 42.8 Å². The van der Waals surface area contributed by atoms with E-state index in [-0.39, 0.29) is 24.6 Å². The molecule has 16 heavy (non-hydrogen) atoms. The van der Waals surface area contributed by atoms with Crippen molar-refractivity contribution < 1.29 is 23.7 Å². The topological polar surface area (TPSA) is 46.2 Å². The van der Waals surface area contributed by atoms with E-state index in [9.17, 15) is 0 Å². The summed E-state index contributed by atoms with van der Waals surface area (Å²) in [6.07, 6.45) is -0.666. The fraction of sp³-hybridized carbons (Fsp3) is 1.00. The molecule has 0 amide bonds. The third kappa shape index (κ3) is 1.67. The highest BCUT2D eigenvalue weighted by Gasteiger charge is 2.58. The van der Waals surface area contributed by atoms with Crippen molar-refractivity contribution in [2.45, 2.75) is 63.9 Å². The minimum absolute atomic E-state index is 0.0841. The Morgan fingerprint density at radius 1 is 0.875 bits per heavy atom. The van der Waals surface area contributed by atoms with Gasteiger partial charge in [0.15, 0.2) is 17.9 Å². The van der Waals surface area contributed by atoms with Gasteiger partial charge in [-0.15, -0.1) is 0 Å². The molecule has 3 fully saturated rings. The summed E-state index contributed by atoms with van der Waals surface area (Å²) < 4.78 is 28.6. The number of hydrogen-bond acceptors (Lipinski definition) is 5. The number of hydrogen-bond donors (Lipinski definition) is 0. The van der Waals surface area contributed by atoms with E-state index in [1.54, 1.807) is 0 Å². The zero-order chi connectivity index (χ0) is 11.6. The summed E-state index contributed by atoms with van der Waals surface area (Å²) in [4.78, 5) is 0. The van der Waals surface area contributed by atoms with E-state index < -0.39 is 11.6 Å². The number of rotatable bonds is 0. The van der Waals surface area contributed by atoms with Crippen LogP contribution in [0.2, 0.25) is 0 Å². The summed E-state index contributed by atoms with van der Waals surface area (Å²) in [6.45, 7) is 8.09. The van der Waals surface area contributed by atoms with Gasteiger partial charge in [-0.05, 0) is 27.7 Å². The average molecular weight is 230 g/mol. The monoisotopic (exact) mass is 230 g/mol. The van der Waals surface area contributed by atoms with Crippen molar-refractivity contribution >= 4 is 0 Å². The van der Waals surface area contributed by atoms with Crippen LogP contribution in [0.3, 0.4) is 0 Å². The Labute approximate surface area is 94.9 Å². The fourth-order valence-corrected chi connectivity index (χ4v) is 2.47. The fourth-order valence-electron chi connectivity index (χ4n) is 2.47. The first-order valence-corrected chi connectivity index (χ1v) is 5.69. The van der Waals surface area contributed by atoms with Gasteiger partial charge in [0, 0.05) is 0 Å². The highest BCUT2D eigenvalue weighted by atomic mass is 16.9. The van der Waals surface area contributed by atoms with E-state index in [1.165, 1.54) is 0 Å². The Morgan fingerprint density at radius 3 is 2.31 bits per heavy atom. The molecule has 3 aliphatic rings. The van der Waals surface area contributed by atoms with E-state index in [2.05, 4.69) is 0 Å². The molecule has 0 aromatic rings. The van der Waals surface area contributed by atoms with E-state index in [1.807, 2.05) is 27.7 Å². The molecule has 0 aromatic heterocycles. The zero-order valence-corrected chi connectivity index (χ0v) is 10.1. The highest BCUT2D eigenvalue weighted by Crippen LogP contribution is 2.42. The summed E-state index contributed by atoms with van der Waals surface area (Å²) in [7, 11) is 0. The van der Waals surface area contributed by atoms with Crippen molar-refractivity contribution in [2.24, 2.45) is 0 Å². The minimum atomic E-state index is -0.591. The van der Waals surface area contributed by atoms with E-state index in [4.69, 9.17) is 23.7 Å². The lowest BCUT2D eigenvalue weighted by atomic mass is 10.1. The van der Waals surface area contributed by atoms with Crippen LogP contribution in [0.15, 0.2) is 0 Å². The van der Waals surface area contributed by atoms with Crippen LogP contribution in [0.25, 0.3) is 0 Å². The second-order valence-corrected chi connectivity index (χ2v) is 5.44. The molecule has 5 nitrogen and oxygen atoms in total. The van der Waals surface area contributed by atoms with Gasteiger partial charge in [0.25, 0.3) is 0 Å². The molecule has 0 N–H and O–H groups in total. The van der Waals surface area contributed by atoms with Crippen molar-refractivity contribution in [3.63, 3.8) is 0 Å². The van der Waals surface area contributed by atoms with Crippen molar-refractivity contribution in [3.05, 3.63) is 0 Å². The third-order valence-corrected chi connectivity index (χ3v) is 3.10. The van der Waals surface area contributed by atoms with Crippen LogP contribution >= 0.6 is 0 Å². The van der Waals surface area contributed by atoms with Crippen molar-refractivity contribution in [1.29, 1.82) is 0 Å². The quantitative estimate of drug-likeness (QED) is 0.621. The smallest absolute Gasteiger partial charge is 0.190 e. The maximum atomic E-state index is 5.85. The first kappa shape index (κ1) is 10.9. The zero-order valence-electron chi connectivity index (χ0n) is 10.1. The van der Waals surface area contributed by atoms with Gasteiger partial charge >= 0.3 is 0 Å². The molecule has 0 aromatic carbocycles. The van der Waals surface area contributed by atoms with Gasteiger partial charge in [0.2, 0.25) is 0 Å². The van der Waals surface area contributed by atoms with E-state index in [0.717, 1.165) is 0 Å². The van der Waals surface area contributed by atoms with Gasteiger partial charge in [0.1, 0.15) is 18.3 Å². The maximum absolute atomic E-state index is 5.85. The van der Waals surface area contributed by atoms with Crippen LogP contribution in [-0.2, 0) is 23.7 Å². The Kier molecular flexibility index (Phi) is 2.17. The second-order valence-electron chi connectivity index (χ2n) is 5.44. The standard InChI is InChI=1S/C11H18O5/c1-10(2)12-5-6-7(14-10)8-9(13-6)16-11(3,4)15-8/h6-9H,5H2,1-4H3/t6-,7-,8+,9+/m0/s1. The second kappa shape index (κ2) is 3.17. The SMILES string of the molecule is CC1(C)OC[C@@H]2O[C@@H]3OC(C)(C)O[C@@H]3[C@H]2O1. The summed E-state index contributed by atoms with van der Waals surface area (Å²) in [5.41, 5.74) is 0. The molecule has 0 bridgehead atoms. The molecule has 4 atom stereocenters. The molecule has 3 rings (SSSR count). The Bertz CT molecular complexity index is 301. The predicted molar refractivity (Wildman–Crippen MR) is 53.6 cm³/mol. The van der Waals surface area contributed by atoms with Crippen molar-refractivity contribution in [2.75, 3.05) is 6.61 Å². The summed E-state index contributed by atoms with van der Waals surface area (Å²) >= 11 is 0. The largest absolute Gasteiger partial charge is 0.348 e. The third-order valence-electron chi connectivity index (χ3n) is 3.10. The van der Waals surface area contributed by atoms with Crippen LogP contribution in [0, 0.1) is 0 Å². The van der Waals surface area contributed by atoms with Gasteiger partial charge < -0.3 is 23.7 Å². The normalized spacial score (nSPS) is 48.8. The number of fused-ring (bicyclic) bond motifs is 3. The number of ether oxygens (including phenoxy) is 5. The van der Waals surface area contributed by atoms with Gasteiger partial charge in [0.05, 0.1) is 6.61 Å². The van der Waals surface area contributed by atoms with Gasteiger partial charge in [-0.3, -0.25) is 0 Å². The molecule has 0 spiro atoms. The minimum Gasteiger partial charge on any atom is -0.348 e. The molecule has 3 heterocycles. The summed E-state index contributed by atoms with van der Waals surface area (Å²) in [5, 5.41) is 0. The van der Waals surface area contributed by atoms with Crippen LogP contribution in [0.4, 0.5) is 0 Å². The summed E-state index contributed by atoms with van der Waals surface area (Å²) in [6, 6.07) is 0. The van der Waals surface area contributed by atoms with Crippen molar-refractivity contribution in [1.82, 2.24) is 0 Å². The van der Waals surface area contributed by atoms with Crippen LogP contribution in [0.5, 0.6) is 0 Å². The highest BCUT2D eigenvalue weighted by molar-refractivity contribution is 4.96. The van der Waals surface area contributed by atoms with Gasteiger partial charge in [-0.1, -0.05) is 0 Å². The lowest BCUT2D eigenvalue weighted by molar-refractivity contribution is -0.319. The van der Waals surface area contributed by atoms with Crippen LogP contribution < -0.4 is 0 Å². The Hall–Kier alpha value is -0.200. The first-order chi connectivity index (χ1) is 7.36. The predicted octanol–water partition coefficient (Wildman–Crippen LogP) is 1.01. The molecule has 92 valence electrons. The van der Waals surface area contributed by atoms with E-state index in [0.29, 0.717) is 6.61 Å². The Morgan fingerprint density at radius 2 is 1.56 bits per heavy atom. The van der Waals surface area contributed by atoms with E-state index >= 15 is 0 Å². The molecule has 0 saturated carbocycles. The molecular weight excluding hydrogens is 212 g/mol. The lowest BCUT2D eigenvalue weighted by Gasteiger charge is -2.38. The molecule has 3 aliphatic heterocycles. The molecule has 0 unspecified atom stereocenters. The molecule has 0 radical (unpaired) electrons. The Balaban J connectivity index is 1.78. The van der Waals surface area contributed by atoms with Gasteiger partial charge in [-0.25, -0.2) is 0 Å². The lowest BCUT2D eigenvalue weighted by Crippen LogP contribution is -2.50. The van der Waals surface area contributed by atoms with Crippen LogP contribution in [0.1, 0.15) is 27.7 Å². The average Bonchev–Trinajstić information content (AvgIpc) is 2.57. The first-order valence-electron chi connectivity index (χ1n) is 5.69. The maximum Gasteiger partial charge on any atom is 0.190 e. The molecular formula is C11H18O5. The summed E-state index contributed by atoms with van der Waals surface area (Å²) in [5.74, 6) is -1.17. The molecule has 0 aliphatic carbocycles. The van der Waals surface area contributed by atoms with Crippen molar-refractivity contribution in [3.8, 4) is 0 Å². The molecule has 5 heteroatoms. The molecule has 3 saturated heterocycles. The van der Waals surface area contributed by atoms with Gasteiger partial charge in [-0.2, -0.15) is 0 Å².